The summed E-state index contributed by atoms with van der Waals surface area (Å²) in [5, 5.41) is 10.4. The van der Waals surface area contributed by atoms with E-state index in [4.69, 9.17) is 28.9 Å². The summed E-state index contributed by atoms with van der Waals surface area (Å²) in [7, 11) is 0. The number of rotatable bonds is 2. The van der Waals surface area contributed by atoms with Crippen LogP contribution in [0.2, 0.25) is 10.0 Å². The maximum atomic E-state index is 9.57. The second-order valence-electron chi connectivity index (χ2n) is 5.87. The molecule has 1 fully saturated rings. The molecule has 5 nitrogen and oxygen atoms in total. The minimum absolute atomic E-state index is 0.224. The summed E-state index contributed by atoms with van der Waals surface area (Å²) in [5.41, 5.74) is 8.25. The number of hydrogen-bond donors (Lipinski definition) is 1. The van der Waals surface area contributed by atoms with E-state index in [9.17, 15) is 5.26 Å². The van der Waals surface area contributed by atoms with Crippen molar-refractivity contribution in [2.75, 3.05) is 18.0 Å². The van der Waals surface area contributed by atoms with Gasteiger partial charge in [0.1, 0.15) is 6.07 Å². The highest BCUT2D eigenvalue weighted by Gasteiger charge is 2.22. The Morgan fingerprint density at radius 2 is 1.96 bits per heavy atom. The minimum atomic E-state index is 0.224. The zero-order chi connectivity index (χ0) is 17.3. The van der Waals surface area contributed by atoms with Crippen LogP contribution in [0.4, 0.5) is 5.95 Å². The molecule has 0 unspecified atom stereocenters. The van der Waals surface area contributed by atoms with Crippen LogP contribution in [-0.2, 0) is 0 Å². The van der Waals surface area contributed by atoms with E-state index in [2.05, 4.69) is 20.9 Å². The molecule has 0 radical (unpaired) electrons. The van der Waals surface area contributed by atoms with E-state index < -0.39 is 0 Å². The third-order valence-electron chi connectivity index (χ3n) is 4.23. The summed E-state index contributed by atoms with van der Waals surface area (Å²) < 4.78 is 0. The number of nitrogens with zero attached hydrogens (tertiary/aromatic N) is 4. The number of piperidine rings is 1. The van der Waals surface area contributed by atoms with E-state index >= 15 is 0 Å². The SMILES string of the molecule is Cc1nc(N2CCC(N)CC2)nc(C#N)c1-c1cccc(Cl)c1Cl. The van der Waals surface area contributed by atoms with Gasteiger partial charge < -0.3 is 10.6 Å². The van der Waals surface area contributed by atoms with Gasteiger partial charge in [0.05, 0.1) is 15.7 Å². The molecule has 24 heavy (non-hydrogen) atoms. The first-order valence-corrected chi connectivity index (χ1v) is 8.50. The van der Waals surface area contributed by atoms with Crippen molar-refractivity contribution in [1.29, 1.82) is 5.26 Å². The van der Waals surface area contributed by atoms with Gasteiger partial charge in [-0.15, -0.1) is 0 Å². The Bertz CT molecular complexity index is 807. The fraction of sp³-hybridized carbons (Fsp3) is 0.353. The molecule has 0 atom stereocenters. The monoisotopic (exact) mass is 361 g/mol. The highest BCUT2D eigenvalue weighted by Crippen LogP contribution is 2.36. The number of aromatic nitrogens is 2. The van der Waals surface area contributed by atoms with Gasteiger partial charge in [0.25, 0.3) is 0 Å². The molecule has 2 heterocycles. The highest BCUT2D eigenvalue weighted by atomic mass is 35.5. The molecule has 1 aliphatic heterocycles. The molecule has 0 bridgehead atoms. The molecular formula is C17H17Cl2N5. The molecule has 124 valence electrons. The Morgan fingerprint density at radius 3 is 2.62 bits per heavy atom. The number of anilines is 1. The average Bonchev–Trinajstić information content (AvgIpc) is 2.58. The number of benzene rings is 1. The molecule has 0 aliphatic carbocycles. The molecule has 0 saturated carbocycles. The van der Waals surface area contributed by atoms with Gasteiger partial charge in [0, 0.05) is 30.3 Å². The first-order valence-electron chi connectivity index (χ1n) is 7.75. The van der Waals surface area contributed by atoms with Crippen LogP contribution >= 0.6 is 23.2 Å². The topological polar surface area (TPSA) is 78.8 Å². The number of nitriles is 1. The van der Waals surface area contributed by atoms with Gasteiger partial charge in [-0.25, -0.2) is 9.97 Å². The number of nitrogens with two attached hydrogens (primary N) is 1. The molecule has 2 aromatic rings. The molecule has 1 aliphatic rings. The van der Waals surface area contributed by atoms with Crippen molar-refractivity contribution in [1.82, 2.24) is 9.97 Å². The second kappa shape index (κ2) is 6.94. The van der Waals surface area contributed by atoms with E-state index in [1.54, 1.807) is 12.1 Å². The lowest BCUT2D eigenvalue weighted by molar-refractivity contribution is 0.495. The van der Waals surface area contributed by atoms with Gasteiger partial charge in [0.15, 0.2) is 5.69 Å². The molecule has 0 spiro atoms. The van der Waals surface area contributed by atoms with Crippen LogP contribution in [-0.4, -0.2) is 29.1 Å². The Hall–Kier alpha value is -1.87. The number of hydrogen-bond acceptors (Lipinski definition) is 5. The van der Waals surface area contributed by atoms with Crippen LogP contribution in [0.5, 0.6) is 0 Å². The largest absolute Gasteiger partial charge is 0.341 e. The number of halogens is 2. The highest BCUT2D eigenvalue weighted by molar-refractivity contribution is 6.43. The minimum Gasteiger partial charge on any atom is -0.341 e. The van der Waals surface area contributed by atoms with Crippen molar-refractivity contribution in [2.24, 2.45) is 5.73 Å². The summed E-state index contributed by atoms with van der Waals surface area (Å²) in [6.45, 7) is 3.44. The summed E-state index contributed by atoms with van der Waals surface area (Å²) in [6, 6.07) is 7.71. The van der Waals surface area contributed by atoms with E-state index in [1.807, 2.05) is 13.0 Å². The molecule has 3 rings (SSSR count). The molecule has 7 heteroatoms. The van der Waals surface area contributed by atoms with E-state index in [1.165, 1.54) is 0 Å². The molecule has 2 N–H and O–H groups in total. The lowest BCUT2D eigenvalue weighted by atomic mass is 10.0. The van der Waals surface area contributed by atoms with Crippen LogP contribution in [0.1, 0.15) is 24.2 Å². The summed E-state index contributed by atoms with van der Waals surface area (Å²) in [5.74, 6) is 0.567. The molecule has 1 aromatic carbocycles. The summed E-state index contributed by atoms with van der Waals surface area (Å²) >= 11 is 12.4. The fourth-order valence-corrected chi connectivity index (χ4v) is 3.29. The van der Waals surface area contributed by atoms with E-state index in [-0.39, 0.29) is 6.04 Å². The Labute approximate surface area is 151 Å². The molecular weight excluding hydrogens is 345 g/mol. The van der Waals surface area contributed by atoms with Gasteiger partial charge in [-0.1, -0.05) is 35.3 Å². The lowest BCUT2D eigenvalue weighted by Crippen LogP contribution is -2.40. The van der Waals surface area contributed by atoms with Crippen LogP contribution in [0.15, 0.2) is 18.2 Å². The lowest BCUT2D eigenvalue weighted by Gasteiger charge is -2.30. The van der Waals surface area contributed by atoms with E-state index in [0.717, 1.165) is 25.9 Å². The third kappa shape index (κ3) is 3.18. The van der Waals surface area contributed by atoms with Gasteiger partial charge in [0.2, 0.25) is 5.95 Å². The van der Waals surface area contributed by atoms with Gasteiger partial charge in [-0.3, -0.25) is 0 Å². The standard InChI is InChI=1S/C17H17Cl2N5/c1-10-15(12-3-2-4-13(18)16(12)19)14(9-20)23-17(22-10)24-7-5-11(21)6-8-24/h2-4,11H,5-8,21H2,1H3. The van der Waals surface area contributed by atoms with Gasteiger partial charge >= 0.3 is 0 Å². The normalized spacial score (nSPS) is 15.4. The zero-order valence-corrected chi connectivity index (χ0v) is 14.8. The first-order chi connectivity index (χ1) is 11.5. The quantitative estimate of drug-likeness (QED) is 0.884. The van der Waals surface area contributed by atoms with Crippen LogP contribution in [0.25, 0.3) is 11.1 Å². The van der Waals surface area contributed by atoms with Crippen LogP contribution in [0.3, 0.4) is 0 Å². The molecule has 1 aromatic heterocycles. The van der Waals surface area contributed by atoms with Crippen molar-refractivity contribution >= 4 is 29.2 Å². The van der Waals surface area contributed by atoms with Crippen molar-refractivity contribution in [2.45, 2.75) is 25.8 Å². The van der Waals surface area contributed by atoms with Crippen LogP contribution < -0.4 is 10.6 Å². The van der Waals surface area contributed by atoms with Crippen molar-refractivity contribution in [3.8, 4) is 17.2 Å². The maximum absolute atomic E-state index is 9.57. The molecule has 1 saturated heterocycles. The smallest absolute Gasteiger partial charge is 0.226 e. The zero-order valence-electron chi connectivity index (χ0n) is 13.3. The Kier molecular flexibility index (Phi) is 4.91. The Morgan fingerprint density at radius 1 is 1.25 bits per heavy atom. The second-order valence-corrected chi connectivity index (χ2v) is 6.66. The predicted octanol–water partition coefficient (Wildman–Crippen LogP) is 3.56. The Balaban J connectivity index is 2.06. The van der Waals surface area contributed by atoms with Crippen molar-refractivity contribution in [3.05, 3.63) is 39.6 Å². The third-order valence-corrected chi connectivity index (χ3v) is 5.05. The van der Waals surface area contributed by atoms with Crippen LogP contribution in [0, 0.1) is 18.3 Å². The van der Waals surface area contributed by atoms with Gasteiger partial charge in [-0.2, -0.15) is 5.26 Å². The average molecular weight is 362 g/mol. The summed E-state index contributed by atoms with van der Waals surface area (Å²) in [6.07, 6.45) is 1.79. The number of aryl methyl sites for hydroxylation is 1. The van der Waals surface area contributed by atoms with E-state index in [0.29, 0.717) is 38.5 Å². The van der Waals surface area contributed by atoms with Crippen molar-refractivity contribution in [3.63, 3.8) is 0 Å². The first kappa shape index (κ1) is 17.0. The van der Waals surface area contributed by atoms with Gasteiger partial charge in [-0.05, 0) is 25.8 Å². The maximum Gasteiger partial charge on any atom is 0.226 e. The predicted molar refractivity (Wildman–Crippen MR) is 96.4 cm³/mol. The fourth-order valence-electron chi connectivity index (χ4n) is 2.90. The molecule has 0 amide bonds. The summed E-state index contributed by atoms with van der Waals surface area (Å²) in [4.78, 5) is 11.1. The van der Waals surface area contributed by atoms with Crippen molar-refractivity contribution < 1.29 is 0 Å².